The number of furan rings is 1. The fraction of sp³-hybridized carbons (Fsp3) is 0.292. The maximum atomic E-state index is 12.7. The lowest BCUT2D eigenvalue weighted by atomic mass is 10.0. The summed E-state index contributed by atoms with van der Waals surface area (Å²) in [5.74, 6) is 1.60. The van der Waals surface area contributed by atoms with Gasteiger partial charge in [-0.15, -0.1) is 0 Å². The fourth-order valence-electron chi connectivity index (χ4n) is 3.95. The lowest BCUT2D eigenvalue weighted by molar-refractivity contribution is -0.116. The standard InChI is InChI=1S/C24H26N4O2S/c1-3-17-8-4-5-9-18(17)26-21(29)13-15-28-23(20-12-11-16(2)30-20)22(27-24(28)31)19-10-6-7-14-25-19/h4-12,14,22-23H,3,13,15H2,1-2H3,(H,26,29)(H,27,31)/t22-,23-/m0/s1. The molecule has 1 aliphatic rings. The predicted molar refractivity (Wildman–Crippen MR) is 125 cm³/mol. The second-order valence-corrected chi connectivity index (χ2v) is 7.96. The average molecular weight is 435 g/mol. The van der Waals surface area contributed by atoms with Gasteiger partial charge in [-0.2, -0.15) is 0 Å². The van der Waals surface area contributed by atoms with Crippen LogP contribution in [0.4, 0.5) is 5.69 Å². The number of aryl methyl sites for hydroxylation is 2. The van der Waals surface area contributed by atoms with Crippen LogP contribution in [0.2, 0.25) is 0 Å². The Balaban J connectivity index is 1.52. The summed E-state index contributed by atoms with van der Waals surface area (Å²) >= 11 is 5.64. The van der Waals surface area contributed by atoms with Gasteiger partial charge in [0.25, 0.3) is 0 Å². The number of thiocarbonyl (C=S) groups is 1. The lowest BCUT2D eigenvalue weighted by Gasteiger charge is -2.25. The van der Waals surface area contributed by atoms with Crippen molar-refractivity contribution in [1.29, 1.82) is 0 Å². The molecule has 1 amide bonds. The Morgan fingerprint density at radius 3 is 2.71 bits per heavy atom. The van der Waals surface area contributed by atoms with Crippen LogP contribution in [0.1, 0.15) is 48.2 Å². The van der Waals surface area contributed by atoms with E-state index in [0.29, 0.717) is 18.1 Å². The molecule has 4 rings (SSSR count). The molecule has 7 heteroatoms. The van der Waals surface area contributed by atoms with Gasteiger partial charge >= 0.3 is 0 Å². The van der Waals surface area contributed by atoms with Crippen molar-refractivity contribution in [3.8, 4) is 0 Å². The molecule has 0 radical (unpaired) electrons. The summed E-state index contributed by atoms with van der Waals surface area (Å²) in [4.78, 5) is 19.2. The minimum Gasteiger partial charge on any atom is -0.464 e. The molecule has 1 aliphatic heterocycles. The highest BCUT2D eigenvalue weighted by Gasteiger charge is 2.41. The molecule has 0 bridgehead atoms. The molecular formula is C24H26N4O2S. The third-order valence-electron chi connectivity index (χ3n) is 5.50. The number of carbonyl (C=O) groups excluding carboxylic acids is 1. The zero-order valence-corrected chi connectivity index (χ0v) is 18.5. The predicted octanol–water partition coefficient (Wildman–Crippen LogP) is 4.55. The van der Waals surface area contributed by atoms with Crippen LogP contribution in [0.5, 0.6) is 0 Å². The molecule has 2 atom stereocenters. The smallest absolute Gasteiger partial charge is 0.226 e. The van der Waals surface area contributed by atoms with Gasteiger partial charge in [-0.1, -0.05) is 31.2 Å². The highest BCUT2D eigenvalue weighted by atomic mass is 32.1. The maximum absolute atomic E-state index is 12.7. The van der Waals surface area contributed by atoms with Crippen LogP contribution in [0, 0.1) is 6.92 Å². The quantitative estimate of drug-likeness (QED) is 0.532. The number of anilines is 1. The number of carbonyl (C=O) groups is 1. The Kier molecular flexibility index (Phi) is 6.32. The number of amides is 1. The molecule has 1 fully saturated rings. The van der Waals surface area contributed by atoms with E-state index in [1.54, 1.807) is 6.20 Å². The van der Waals surface area contributed by atoms with Crippen molar-refractivity contribution in [2.45, 2.75) is 38.8 Å². The van der Waals surface area contributed by atoms with E-state index >= 15 is 0 Å². The number of benzene rings is 1. The van der Waals surface area contributed by atoms with Gasteiger partial charge < -0.3 is 20.0 Å². The normalized spacial score (nSPS) is 18.1. The Labute approximate surface area is 187 Å². The number of nitrogens with zero attached hydrogens (tertiary/aromatic N) is 2. The molecule has 31 heavy (non-hydrogen) atoms. The first-order valence-electron chi connectivity index (χ1n) is 10.5. The van der Waals surface area contributed by atoms with Gasteiger partial charge in [0.15, 0.2) is 5.11 Å². The number of pyridine rings is 1. The number of aromatic nitrogens is 1. The van der Waals surface area contributed by atoms with E-state index in [4.69, 9.17) is 16.6 Å². The second-order valence-electron chi connectivity index (χ2n) is 7.58. The van der Waals surface area contributed by atoms with Crippen molar-refractivity contribution in [3.05, 3.63) is 83.6 Å². The second kappa shape index (κ2) is 9.31. The van der Waals surface area contributed by atoms with E-state index in [1.165, 1.54) is 0 Å². The molecule has 1 saturated heterocycles. The van der Waals surface area contributed by atoms with Crippen LogP contribution in [-0.4, -0.2) is 27.4 Å². The summed E-state index contributed by atoms with van der Waals surface area (Å²) in [5.41, 5.74) is 2.86. The van der Waals surface area contributed by atoms with E-state index < -0.39 is 0 Å². The van der Waals surface area contributed by atoms with Gasteiger partial charge in [0.1, 0.15) is 17.6 Å². The summed E-state index contributed by atoms with van der Waals surface area (Å²) in [6.07, 6.45) is 2.94. The van der Waals surface area contributed by atoms with Crippen LogP contribution < -0.4 is 10.6 Å². The van der Waals surface area contributed by atoms with E-state index in [1.807, 2.05) is 66.4 Å². The monoisotopic (exact) mass is 434 g/mol. The summed E-state index contributed by atoms with van der Waals surface area (Å²) in [6, 6.07) is 17.3. The number of nitrogens with one attached hydrogen (secondary N) is 2. The number of hydrogen-bond acceptors (Lipinski definition) is 4. The van der Waals surface area contributed by atoms with Crippen molar-refractivity contribution >= 4 is 28.9 Å². The highest BCUT2D eigenvalue weighted by Crippen LogP contribution is 2.39. The van der Waals surface area contributed by atoms with Crippen LogP contribution in [-0.2, 0) is 11.2 Å². The average Bonchev–Trinajstić information content (AvgIpc) is 3.35. The van der Waals surface area contributed by atoms with Gasteiger partial charge in [0.2, 0.25) is 5.91 Å². The summed E-state index contributed by atoms with van der Waals surface area (Å²) in [7, 11) is 0. The largest absolute Gasteiger partial charge is 0.464 e. The Bertz CT molecular complexity index is 1070. The van der Waals surface area contributed by atoms with Gasteiger partial charge in [0.05, 0.1) is 11.7 Å². The first-order valence-corrected chi connectivity index (χ1v) is 10.9. The minimum absolute atomic E-state index is 0.0423. The first-order chi connectivity index (χ1) is 15.1. The molecule has 0 saturated carbocycles. The van der Waals surface area contributed by atoms with Gasteiger partial charge in [0, 0.05) is 24.8 Å². The number of rotatable bonds is 7. The van der Waals surface area contributed by atoms with Crippen molar-refractivity contribution < 1.29 is 9.21 Å². The topological polar surface area (TPSA) is 70.4 Å². The minimum atomic E-state index is -0.174. The molecule has 0 spiro atoms. The van der Waals surface area contributed by atoms with Crippen LogP contribution >= 0.6 is 12.2 Å². The molecule has 0 unspecified atom stereocenters. The molecule has 6 nitrogen and oxygen atoms in total. The molecule has 2 N–H and O–H groups in total. The van der Waals surface area contributed by atoms with E-state index in [0.717, 1.165) is 34.9 Å². The lowest BCUT2D eigenvalue weighted by Crippen LogP contribution is -2.32. The van der Waals surface area contributed by atoms with Crippen LogP contribution in [0.3, 0.4) is 0 Å². The Morgan fingerprint density at radius 2 is 2.00 bits per heavy atom. The van der Waals surface area contributed by atoms with Crippen LogP contribution in [0.25, 0.3) is 0 Å². The Morgan fingerprint density at radius 1 is 1.19 bits per heavy atom. The van der Waals surface area contributed by atoms with Crippen LogP contribution in [0.15, 0.2) is 65.2 Å². The molecule has 3 heterocycles. The molecule has 0 aliphatic carbocycles. The van der Waals surface area contributed by atoms with Crippen molar-refractivity contribution in [1.82, 2.24) is 15.2 Å². The number of para-hydroxylation sites is 1. The van der Waals surface area contributed by atoms with Crippen molar-refractivity contribution in [2.24, 2.45) is 0 Å². The molecule has 1 aromatic carbocycles. The maximum Gasteiger partial charge on any atom is 0.226 e. The molecular weight excluding hydrogens is 408 g/mol. The van der Waals surface area contributed by atoms with Crippen molar-refractivity contribution in [2.75, 3.05) is 11.9 Å². The summed E-state index contributed by atoms with van der Waals surface area (Å²) in [5, 5.41) is 7.00. The zero-order chi connectivity index (χ0) is 21.8. The molecule has 160 valence electrons. The fourth-order valence-corrected chi connectivity index (χ4v) is 4.28. The van der Waals surface area contributed by atoms with Gasteiger partial charge in [-0.25, -0.2) is 0 Å². The molecule has 2 aromatic heterocycles. The van der Waals surface area contributed by atoms with E-state index in [9.17, 15) is 4.79 Å². The van der Waals surface area contributed by atoms with Gasteiger partial charge in [-0.05, 0) is 61.5 Å². The third-order valence-corrected chi connectivity index (χ3v) is 5.85. The zero-order valence-electron chi connectivity index (χ0n) is 17.7. The summed E-state index contributed by atoms with van der Waals surface area (Å²) < 4.78 is 5.96. The van der Waals surface area contributed by atoms with E-state index in [-0.39, 0.29) is 18.0 Å². The number of hydrogen-bond donors (Lipinski definition) is 2. The van der Waals surface area contributed by atoms with E-state index in [2.05, 4.69) is 22.5 Å². The Hall–Kier alpha value is -3.19. The highest BCUT2D eigenvalue weighted by molar-refractivity contribution is 7.80. The SMILES string of the molecule is CCc1ccccc1NC(=O)CCN1C(=S)N[C@@H](c2ccccn2)[C@@H]1c1ccc(C)o1. The van der Waals surface area contributed by atoms with Gasteiger partial charge in [-0.3, -0.25) is 9.78 Å². The summed E-state index contributed by atoms with van der Waals surface area (Å²) in [6.45, 7) is 4.47. The van der Waals surface area contributed by atoms with Crippen molar-refractivity contribution in [3.63, 3.8) is 0 Å². The first kappa shape index (κ1) is 21.1. The third kappa shape index (κ3) is 4.61. The molecule has 3 aromatic rings.